The van der Waals surface area contributed by atoms with Crippen LogP contribution in [0.5, 0.6) is 0 Å². The average molecular weight is 266 g/mol. The molecule has 0 aliphatic rings. The first-order valence-corrected chi connectivity index (χ1v) is 7.94. The number of nitrogens with two attached hydrogens (primary N) is 1. The minimum atomic E-state index is -0.0370. The fourth-order valence-corrected chi connectivity index (χ4v) is 2.60. The quantitative estimate of drug-likeness (QED) is 0.458. The Morgan fingerprint density at radius 1 is 1.38 bits per heavy atom. The van der Waals surface area contributed by atoms with Crippen molar-refractivity contribution in [3.8, 4) is 0 Å². The molecule has 0 aliphatic carbocycles. The van der Waals surface area contributed by atoms with Crippen molar-refractivity contribution in [2.24, 2.45) is 11.7 Å². The van der Waals surface area contributed by atoms with Crippen LogP contribution in [0.2, 0.25) is 0 Å². The van der Waals surface area contributed by atoms with Gasteiger partial charge in [-0.05, 0) is 5.92 Å². The van der Waals surface area contributed by atoms with E-state index in [1.807, 2.05) is 0 Å². The molecule has 6 heteroatoms. The second kappa shape index (κ2) is 11.6. The molecule has 0 radical (unpaired) electrons. The zero-order chi connectivity index (χ0) is 12.2. The van der Waals surface area contributed by atoms with Gasteiger partial charge in [-0.25, -0.2) is 0 Å². The standard InChI is InChI=1S/C10H22N2O2S2/c1-9(2)7-14-8-10(13)12-4-6-16-15-5-3-11/h9H,3-8,11H2,1-2H3,(H,12,13). The summed E-state index contributed by atoms with van der Waals surface area (Å²) in [6.45, 7) is 6.30. The normalized spacial score (nSPS) is 10.8. The molecule has 16 heavy (non-hydrogen) atoms. The molecular formula is C10H22N2O2S2. The zero-order valence-electron chi connectivity index (χ0n) is 10.0. The Balaban J connectivity index is 3.17. The number of hydrogen-bond donors (Lipinski definition) is 2. The van der Waals surface area contributed by atoms with Crippen LogP contribution >= 0.6 is 21.6 Å². The molecule has 0 aliphatic heterocycles. The Kier molecular flexibility index (Phi) is 11.6. The number of ether oxygens (including phenoxy) is 1. The van der Waals surface area contributed by atoms with Gasteiger partial charge < -0.3 is 15.8 Å². The molecule has 0 bridgehead atoms. The molecule has 0 atom stereocenters. The van der Waals surface area contributed by atoms with Gasteiger partial charge in [-0.3, -0.25) is 4.79 Å². The number of hydrogen-bond acceptors (Lipinski definition) is 5. The Morgan fingerprint density at radius 2 is 2.06 bits per heavy atom. The van der Waals surface area contributed by atoms with Crippen LogP contribution < -0.4 is 11.1 Å². The molecule has 4 nitrogen and oxygen atoms in total. The molecule has 0 aromatic rings. The van der Waals surface area contributed by atoms with Crippen molar-refractivity contribution in [1.82, 2.24) is 5.32 Å². The van der Waals surface area contributed by atoms with Crippen molar-refractivity contribution >= 4 is 27.5 Å². The number of rotatable bonds is 10. The van der Waals surface area contributed by atoms with E-state index >= 15 is 0 Å². The second-order valence-corrected chi connectivity index (χ2v) is 6.39. The van der Waals surface area contributed by atoms with E-state index in [4.69, 9.17) is 10.5 Å². The summed E-state index contributed by atoms with van der Waals surface area (Å²) < 4.78 is 5.21. The van der Waals surface area contributed by atoms with E-state index in [0.29, 0.717) is 25.6 Å². The van der Waals surface area contributed by atoms with Crippen LogP contribution in [0.3, 0.4) is 0 Å². The SMILES string of the molecule is CC(C)COCC(=O)NCCSSCCN. The summed E-state index contributed by atoms with van der Waals surface area (Å²) in [4.78, 5) is 11.2. The first-order valence-electron chi connectivity index (χ1n) is 5.45. The average Bonchev–Trinajstić information content (AvgIpc) is 2.22. The predicted octanol–water partition coefficient (Wildman–Crippen LogP) is 1.12. The van der Waals surface area contributed by atoms with E-state index in [1.54, 1.807) is 21.6 Å². The highest BCUT2D eigenvalue weighted by atomic mass is 33.1. The van der Waals surface area contributed by atoms with Gasteiger partial charge in [-0.2, -0.15) is 0 Å². The predicted molar refractivity (Wildman–Crippen MR) is 72.6 cm³/mol. The van der Waals surface area contributed by atoms with E-state index < -0.39 is 0 Å². The van der Waals surface area contributed by atoms with E-state index in [1.165, 1.54) is 0 Å². The molecule has 0 spiro atoms. The molecule has 0 unspecified atom stereocenters. The van der Waals surface area contributed by atoms with Crippen LogP contribution in [0.1, 0.15) is 13.8 Å². The topological polar surface area (TPSA) is 64.3 Å². The Hall–Kier alpha value is 0.0900. The maximum absolute atomic E-state index is 11.2. The fourth-order valence-electron chi connectivity index (χ4n) is 0.836. The van der Waals surface area contributed by atoms with Crippen LogP contribution in [0.25, 0.3) is 0 Å². The Bertz CT molecular complexity index is 180. The third-order valence-electron chi connectivity index (χ3n) is 1.48. The van der Waals surface area contributed by atoms with E-state index in [9.17, 15) is 4.79 Å². The highest BCUT2D eigenvalue weighted by Crippen LogP contribution is 2.18. The third-order valence-corrected chi connectivity index (χ3v) is 3.92. The maximum Gasteiger partial charge on any atom is 0.246 e. The van der Waals surface area contributed by atoms with Crippen LogP contribution in [0, 0.1) is 5.92 Å². The summed E-state index contributed by atoms with van der Waals surface area (Å²) in [5.74, 6) is 2.29. The number of carbonyl (C=O) groups excluding carboxylic acids is 1. The highest BCUT2D eigenvalue weighted by Gasteiger charge is 2.01. The lowest BCUT2D eigenvalue weighted by Crippen LogP contribution is -2.29. The van der Waals surface area contributed by atoms with Gasteiger partial charge in [-0.1, -0.05) is 35.4 Å². The molecular weight excluding hydrogens is 244 g/mol. The molecule has 0 aromatic heterocycles. The first kappa shape index (κ1) is 16.1. The third kappa shape index (κ3) is 12.2. The van der Waals surface area contributed by atoms with Crippen molar-refractivity contribution in [2.75, 3.05) is 37.8 Å². The second-order valence-electron chi connectivity index (χ2n) is 3.69. The maximum atomic E-state index is 11.2. The van der Waals surface area contributed by atoms with Crippen molar-refractivity contribution in [2.45, 2.75) is 13.8 Å². The summed E-state index contributed by atoms with van der Waals surface area (Å²) >= 11 is 0. The lowest BCUT2D eigenvalue weighted by Gasteiger charge is -2.07. The van der Waals surface area contributed by atoms with Gasteiger partial charge in [0.1, 0.15) is 6.61 Å². The lowest BCUT2D eigenvalue weighted by atomic mass is 10.2. The van der Waals surface area contributed by atoms with E-state index in [0.717, 1.165) is 11.5 Å². The Labute approximate surface area is 106 Å². The molecule has 3 N–H and O–H groups in total. The van der Waals surface area contributed by atoms with Crippen molar-refractivity contribution in [3.05, 3.63) is 0 Å². The monoisotopic (exact) mass is 266 g/mol. The number of amides is 1. The van der Waals surface area contributed by atoms with Crippen LogP contribution in [0.4, 0.5) is 0 Å². The summed E-state index contributed by atoms with van der Waals surface area (Å²) in [5, 5.41) is 2.80. The smallest absolute Gasteiger partial charge is 0.246 e. The van der Waals surface area contributed by atoms with Crippen LogP contribution in [-0.4, -0.2) is 43.7 Å². The lowest BCUT2D eigenvalue weighted by molar-refractivity contribution is -0.125. The molecule has 96 valence electrons. The Morgan fingerprint density at radius 3 is 2.69 bits per heavy atom. The molecule has 0 saturated carbocycles. The molecule has 0 heterocycles. The molecule has 0 saturated heterocycles. The van der Waals surface area contributed by atoms with Gasteiger partial charge in [0.25, 0.3) is 0 Å². The van der Waals surface area contributed by atoms with Gasteiger partial charge in [0.2, 0.25) is 5.91 Å². The summed E-state index contributed by atoms with van der Waals surface area (Å²) in [5.41, 5.74) is 5.35. The van der Waals surface area contributed by atoms with Crippen molar-refractivity contribution in [3.63, 3.8) is 0 Å². The number of nitrogens with one attached hydrogen (secondary N) is 1. The van der Waals surface area contributed by atoms with Crippen LogP contribution in [0.15, 0.2) is 0 Å². The van der Waals surface area contributed by atoms with E-state index in [2.05, 4.69) is 19.2 Å². The minimum absolute atomic E-state index is 0.0370. The summed E-state index contributed by atoms with van der Waals surface area (Å²) in [7, 11) is 3.47. The molecule has 0 aromatic carbocycles. The van der Waals surface area contributed by atoms with Gasteiger partial charge in [0, 0.05) is 31.2 Å². The molecule has 1 amide bonds. The van der Waals surface area contributed by atoms with Gasteiger partial charge in [0.15, 0.2) is 0 Å². The van der Waals surface area contributed by atoms with Crippen LogP contribution in [-0.2, 0) is 9.53 Å². The van der Waals surface area contributed by atoms with E-state index in [-0.39, 0.29) is 12.5 Å². The van der Waals surface area contributed by atoms with Crippen molar-refractivity contribution in [1.29, 1.82) is 0 Å². The fraction of sp³-hybridized carbons (Fsp3) is 0.900. The first-order chi connectivity index (χ1) is 7.66. The molecule has 0 fully saturated rings. The highest BCUT2D eigenvalue weighted by molar-refractivity contribution is 8.76. The van der Waals surface area contributed by atoms with Gasteiger partial charge in [-0.15, -0.1) is 0 Å². The summed E-state index contributed by atoms with van der Waals surface area (Å²) in [6.07, 6.45) is 0. The minimum Gasteiger partial charge on any atom is -0.371 e. The van der Waals surface area contributed by atoms with Gasteiger partial charge >= 0.3 is 0 Å². The summed E-state index contributed by atoms with van der Waals surface area (Å²) in [6, 6.07) is 0. The number of carbonyl (C=O) groups is 1. The van der Waals surface area contributed by atoms with Gasteiger partial charge in [0.05, 0.1) is 0 Å². The molecule has 0 rings (SSSR count). The largest absolute Gasteiger partial charge is 0.371 e. The zero-order valence-corrected chi connectivity index (χ0v) is 11.7. The van der Waals surface area contributed by atoms with Crippen molar-refractivity contribution < 1.29 is 9.53 Å².